The minimum Gasteiger partial charge on any atom is -0.332 e. The molecule has 0 aromatic heterocycles. The average Bonchev–Trinajstić information content (AvgIpc) is 2.42. The van der Waals surface area contributed by atoms with Gasteiger partial charge in [-0.3, -0.25) is 10.1 Å². The first-order valence-corrected chi connectivity index (χ1v) is 7.13. The first-order chi connectivity index (χ1) is 9.95. The van der Waals surface area contributed by atoms with Crippen molar-refractivity contribution >= 4 is 28.9 Å². The predicted molar refractivity (Wildman–Crippen MR) is 90.8 cm³/mol. The van der Waals surface area contributed by atoms with Gasteiger partial charge in [0, 0.05) is 11.3 Å². The minimum absolute atomic E-state index is 0.207. The summed E-state index contributed by atoms with van der Waals surface area (Å²) in [5.74, 6) is -0.207. The molecule has 0 radical (unpaired) electrons. The van der Waals surface area contributed by atoms with E-state index < -0.39 is 0 Å². The van der Waals surface area contributed by atoms with Gasteiger partial charge in [0.25, 0.3) is 5.91 Å². The lowest BCUT2D eigenvalue weighted by molar-refractivity contribution is 0.0977. The largest absolute Gasteiger partial charge is 0.332 e. The Labute approximate surface area is 130 Å². The van der Waals surface area contributed by atoms with Crippen LogP contribution in [0, 0.1) is 20.8 Å². The van der Waals surface area contributed by atoms with Gasteiger partial charge in [-0.05, 0) is 62.3 Å². The fourth-order valence-electron chi connectivity index (χ4n) is 1.99. The smallest absolute Gasteiger partial charge is 0.257 e. The Hall–Kier alpha value is -2.20. The summed E-state index contributed by atoms with van der Waals surface area (Å²) in [5.41, 5.74) is 4.75. The Balaban J connectivity index is 2.05. The Morgan fingerprint density at radius 2 is 1.71 bits per heavy atom. The van der Waals surface area contributed by atoms with Gasteiger partial charge in [0.1, 0.15) is 0 Å². The van der Waals surface area contributed by atoms with Gasteiger partial charge in [0.15, 0.2) is 5.11 Å². The second-order valence-corrected chi connectivity index (χ2v) is 5.50. The molecular weight excluding hydrogens is 280 g/mol. The van der Waals surface area contributed by atoms with Gasteiger partial charge >= 0.3 is 0 Å². The number of thiocarbonyl (C=S) groups is 1. The molecule has 2 aromatic carbocycles. The summed E-state index contributed by atoms with van der Waals surface area (Å²) >= 11 is 5.20. The highest BCUT2D eigenvalue weighted by molar-refractivity contribution is 7.80. The van der Waals surface area contributed by atoms with Crippen LogP contribution in [0.3, 0.4) is 0 Å². The van der Waals surface area contributed by atoms with Gasteiger partial charge in [0.2, 0.25) is 0 Å². The zero-order chi connectivity index (χ0) is 15.4. The lowest BCUT2D eigenvalue weighted by atomic mass is 10.1. The number of carbonyl (C=O) groups is 1. The molecule has 0 aliphatic rings. The first-order valence-electron chi connectivity index (χ1n) is 6.72. The van der Waals surface area contributed by atoms with Crippen LogP contribution in [0.15, 0.2) is 42.5 Å². The molecule has 0 aliphatic carbocycles. The van der Waals surface area contributed by atoms with Crippen molar-refractivity contribution in [1.29, 1.82) is 0 Å². The monoisotopic (exact) mass is 298 g/mol. The standard InChI is InChI=1S/C17H18N2OS/c1-11-5-4-6-14(9-11)16(20)19-17(21)18-15-10-12(2)7-8-13(15)3/h4-10H,1-3H3,(H2,18,19,20,21). The number of amides is 1. The van der Waals surface area contributed by atoms with Crippen molar-refractivity contribution in [2.24, 2.45) is 0 Å². The van der Waals surface area contributed by atoms with Crippen LogP contribution < -0.4 is 10.6 Å². The van der Waals surface area contributed by atoms with Crippen molar-refractivity contribution in [2.75, 3.05) is 5.32 Å². The molecular formula is C17H18N2OS. The van der Waals surface area contributed by atoms with Gasteiger partial charge in [-0.2, -0.15) is 0 Å². The molecule has 108 valence electrons. The molecule has 0 saturated heterocycles. The molecule has 2 aromatic rings. The topological polar surface area (TPSA) is 41.1 Å². The van der Waals surface area contributed by atoms with Crippen LogP contribution in [0.4, 0.5) is 5.69 Å². The van der Waals surface area contributed by atoms with Crippen LogP contribution in [0.25, 0.3) is 0 Å². The van der Waals surface area contributed by atoms with Crippen molar-refractivity contribution in [3.63, 3.8) is 0 Å². The van der Waals surface area contributed by atoms with E-state index in [0.717, 1.165) is 22.4 Å². The molecule has 0 unspecified atom stereocenters. The molecule has 0 aliphatic heterocycles. The average molecular weight is 298 g/mol. The quantitative estimate of drug-likeness (QED) is 0.830. The summed E-state index contributed by atoms with van der Waals surface area (Å²) in [6.07, 6.45) is 0. The molecule has 0 atom stereocenters. The second-order valence-electron chi connectivity index (χ2n) is 5.10. The van der Waals surface area contributed by atoms with Gasteiger partial charge in [-0.15, -0.1) is 0 Å². The van der Waals surface area contributed by atoms with Crippen LogP contribution >= 0.6 is 12.2 Å². The molecule has 1 amide bonds. The van der Waals surface area contributed by atoms with Gasteiger partial charge in [-0.25, -0.2) is 0 Å². The molecule has 2 N–H and O–H groups in total. The normalized spacial score (nSPS) is 10.0. The van der Waals surface area contributed by atoms with Crippen molar-refractivity contribution < 1.29 is 4.79 Å². The molecule has 4 heteroatoms. The molecule has 3 nitrogen and oxygen atoms in total. The number of aryl methyl sites for hydroxylation is 3. The molecule has 0 heterocycles. The zero-order valence-electron chi connectivity index (χ0n) is 12.4. The van der Waals surface area contributed by atoms with E-state index in [-0.39, 0.29) is 5.91 Å². The molecule has 2 rings (SSSR count). The van der Waals surface area contributed by atoms with Gasteiger partial charge < -0.3 is 5.32 Å². The van der Waals surface area contributed by atoms with E-state index in [1.165, 1.54) is 0 Å². The second kappa shape index (κ2) is 6.50. The van der Waals surface area contributed by atoms with Crippen LogP contribution in [-0.4, -0.2) is 11.0 Å². The van der Waals surface area contributed by atoms with E-state index >= 15 is 0 Å². The van der Waals surface area contributed by atoms with E-state index in [0.29, 0.717) is 10.7 Å². The summed E-state index contributed by atoms with van der Waals surface area (Å²) in [6.45, 7) is 5.95. The first kappa shape index (κ1) is 15.2. The lowest BCUT2D eigenvalue weighted by Gasteiger charge is -2.12. The lowest BCUT2D eigenvalue weighted by Crippen LogP contribution is -2.34. The number of carbonyl (C=O) groups excluding carboxylic acids is 1. The maximum atomic E-state index is 12.1. The number of hydrogen-bond acceptors (Lipinski definition) is 2. The Bertz CT molecular complexity index is 695. The zero-order valence-corrected chi connectivity index (χ0v) is 13.2. The Morgan fingerprint density at radius 1 is 1.00 bits per heavy atom. The van der Waals surface area contributed by atoms with Crippen LogP contribution in [0.2, 0.25) is 0 Å². The highest BCUT2D eigenvalue weighted by Crippen LogP contribution is 2.16. The number of nitrogens with one attached hydrogen (secondary N) is 2. The van der Waals surface area contributed by atoms with Gasteiger partial charge in [0.05, 0.1) is 0 Å². The fraction of sp³-hybridized carbons (Fsp3) is 0.176. The third kappa shape index (κ3) is 4.13. The van der Waals surface area contributed by atoms with Crippen molar-refractivity contribution in [1.82, 2.24) is 5.32 Å². The van der Waals surface area contributed by atoms with E-state index in [9.17, 15) is 4.79 Å². The van der Waals surface area contributed by atoms with Crippen molar-refractivity contribution in [3.05, 3.63) is 64.7 Å². The summed E-state index contributed by atoms with van der Waals surface area (Å²) in [4.78, 5) is 12.1. The third-order valence-corrected chi connectivity index (χ3v) is 3.35. The van der Waals surface area contributed by atoms with Crippen molar-refractivity contribution in [2.45, 2.75) is 20.8 Å². The van der Waals surface area contributed by atoms with E-state index in [4.69, 9.17) is 12.2 Å². The van der Waals surface area contributed by atoms with E-state index in [1.807, 2.05) is 57.2 Å². The molecule has 0 saturated carbocycles. The maximum absolute atomic E-state index is 12.1. The predicted octanol–water partition coefficient (Wildman–Crippen LogP) is 3.74. The van der Waals surface area contributed by atoms with Gasteiger partial charge in [-0.1, -0.05) is 29.8 Å². The molecule has 0 fully saturated rings. The minimum atomic E-state index is -0.207. The summed E-state index contributed by atoms with van der Waals surface area (Å²) in [6, 6.07) is 13.5. The van der Waals surface area contributed by atoms with Crippen LogP contribution in [0.1, 0.15) is 27.0 Å². The number of rotatable bonds is 2. The number of benzene rings is 2. The van der Waals surface area contributed by atoms with Crippen LogP contribution in [-0.2, 0) is 0 Å². The Morgan fingerprint density at radius 3 is 2.43 bits per heavy atom. The highest BCUT2D eigenvalue weighted by Gasteiger charge is 2.08. The van der Waals surface area contributed by atoms with Crippen molar-refractivity contribution in [3.8, 4) is 0 Å². The fourth-order valence-corrected chi connectivity index (χ4v) is 2.19. The number of anilines is 1. The molecule has 21 heavy (non-hydrogen) atoms. The summed E-state index contributed by atoms with van der Waals surface area (Å²) < 4.78 is 0. The molecule has 0 bridgehead atoms. The molecule has 0 spiro atoms. The Kier molecular flexibility index (Phi) is 4.70. The SMILES string of the molecule is Cc1cccc(C(=O)NC(=S)Nc2cc(C)ccc2C)c1. The maximum Gasteiger partial charge on any atom is 0.257 e. The summed E-state index contributed by atoms with van der Waals surface area (Å²) in [7, 11) is 0. The van der Waals surface area contributed by atoms with E-state index in [2.05, 4.69) is 10.6 Å². The highest BCUT2D eigenvalue weighted by atomic mass is 32.1. The van der Waals surface area contributed by atoms with Crippen LogP contribution in [0.5, 0.6) is 0 Å². The summed E-state index contributed by atoms with van der Waals surface area (Å²) in [5, 5.41) is 6.07. The van der Waals surface area contributed by atoms with E-state index in [1.54, 1.807) is 6.07 Å². The third-order valence-electron chi connectivity index (χ3n) is 3.15. The number of hydrogen-bond donors (Lipinski definition) is 2.